The number of carbonyl (C=O) groups is 1. The normalized spacial score (nSPS) is 21.9. The van der Waals surface area contributed by atoms with E-state index >= 15 is 0 Å². The van der Waals surface area contributed by atoms with Gasteiger partial charge in [0, 0.05) is 42.1 Å². The lowest BCUT2D eigenvalue weighted by atomic mass is 9.86. The third-order valence-electron chi connectivity index (χ3n) is 6.68. The van der Waals surface area contributed by atoms with Gasteiger partial charge in [0.15, 0.2) is 0 Å². The molecule has 0 saturated carbocycles. The van der Waals surface area contributed by atoms with Gasteiger partial charge < -0.3 is 10.2 Å². The van der Waals surface area contributed by atoms with E-state index in [1.165, 1.54) is 0 Å². The minimum atomic E-state index is -4.88. The Morgan fingerprint density at radius 3 is 2.61 bits per heavy atom. The molecule has 8 heteroatoms. The monoisotopic (exact) mass is 452 g/mol. The van der Waals surface area contributed by atoms with E-state index in [0.717, 1.165) is 33.6 Å². The lowest BCUT2D eigenvalue weighted by molar-refractivity contribution is -0.174. The van der Waals surface area contributed by atoms with Crippen LogP contribution in [0.2, 0.25) is 0 Å². The highest BCUT2D eigenvalue weighted by Gasteiger charge is 2.42. The fourth-order valence-electron chi connectivity index (χ4n) is 5.09. The van der Waals surface area contributed by atoms with E-state index in [2.05, 4.69) is 45.3 Å². The molecule has 1 fully saturated rings. The van der Waals surface area contributed by atoms with Gasteiger partial charge in [0.25, 0.3) is 0 Å². The number of piperidine rings is 1. The molecule has 5 nitrogen and oxygen atoms in total. The summed E-state index contributed by atoms with van der Waals surface area (Å²) in [5.41, 5.74) is 6.20. The predicted molar refractivity (Wildman–Crippen MR) is 119 cm³/mol. The highest BCUT2D eigenvalue weighted by Crippen LogP contribution is 2.47. The Morgan fingerprint density at radius 1 is 1.09 bits per heavy atom. The molecule has 3 aromatic rings. The molecule has 0 spiro atoms. The molecule has 3 heterocycles. The zero-order valence-electron chi connectivity index (χ0n) is 18.0. The van der Waals surface area contributed by atoms with E-state index in [1.54, 1.807) is 18.6 Å². The zero-order chi connectivity index (χ0) is 23.2. The molecular formula is C25H23F3N4O. The van der Waals surface area contributed by atoms with Crippen LogP contribution >= 0.6 is 0 Å². The van der Waals surface area contributed by atoms with Crippen molar-refractivity contribution in [2.45, 2.75) is 43.9 Å². The van der Waals surface area contributed by atoms with E-state index in [-0.39, 0.29) is 12.0 Å². The van der Waals surface area contributed by atoms with Crippen molar-refractivity contribution in [1.82, 2.24) is 15.3 Å². The van der Waals surface area contributed by atoms with Crippen LogP contribution < -0.4 is 10.2 Å². The van der Waals surface area contributed by atoms with Crippen molar-refractivity contribution in [3.63, 3.8) is 0 Å². The summed E-state index contributed by atoms with van der Waals surface area (Å²) < 4.78 is 38.5. The van der Waals surface area contributed by atoms with Gasteiger partial charge >= 0.3 is 12.1 Å². The molecule has 1 saturated heterocycles. The molecule has 2 aromatic carbocycles. The molecule has 1 N–H and O–H groups in total. The Bertz CT molecular complexity index is 1180. The average Bonchev–Trinajstić information content (AvgIpc) is 2.92. The fourth-order valence-corrected chi connectivity index (χ4v) is 5.09. The molecule has 1 aromatic heterocycles. The highest BCUT2D eigenvalue weighted by molar-refractivity contribution is 5.82. The summed E-state index contributed by atoms with van der Waals surface area (Å²) in [5, 5.41) is 2.20. The van der Waals surface area contributed by atoms with Crippen LogP contribution in [0.5, 0.6) is 0 Å². The number of anilines is 1. The van der Waals surface area contributed by atoms with Crippen LogP contribution in [0.25, 0.3) is 11.3 Å². The summed E-state index contributed by atoms with van der Waals surface area (Å²) in [6.07, 6.45) is 1.01. The second kappa shape index (κ2) is 8.17. The van der Waals surface area contributed by atoms with Crippen LogP contribution in [-0.4, -0.2) is 34.6 Å². The topological polar surface area (TPSA) is 58.1 Å². The van der Waals surface area contributed by atoms with Crippen LogP contribution in [0.3, 0.4) is 0 Å². The van der Waals surface area contributed by atoms with Gasteiger partial charge in [-0.2, -0.15) is 13.2 Å². The van der Waals surface area contributed by atoms with Gasteiger partial charge in [-0.3, -0.25) is 14.8 Å². The Balaban J connectivity index is 1.55. The van der Waals surface area contributed by atoms with E-state index in [1.807, 2.05) is 24.3 Å². The Hall–Kier alpha value is -3.42. The van der Waals surface area contributed by atoms with Gasteiger partial charge in [-0.05, 0) is 41.7 Å². The van der Waals surface area contributed by atoms with Crippen LogP contribution in [0.15, 0.2) is 61.1 Å². The summed E-state index contributed by atoms with van der Waals surface area (Å²) in [4.78, 5) is 22.4. The van der Waals surface area contributed by atoms with E-state index in [0.29, 0.717) is 19.4 Å². The summed E-state index contributed by atoms with van der Waals surface area (Å²) >= 11 is 0. The second-order valence-corrected chi connectivity index (χ2v) is 8.62. The number of aromatic nitrogens is 2. The number of hydrogen-bond acceptors (Lipinski definition) is 4. The summed E-state index contributed by atoms with van der Waals surface area (Å²) in [6.45, 7) is 2.70. The molecule has 0 radical (unpaired) electrons. The van der Waals surface area contributed by atoms with Crippen LogP contribution in [0, 0.1) is 0 Å². The Morgan fingerprint density at radius 2 is 1.88 bits per heavy atom. The zero-order valence-corrected chi connectivity index (χ0v) is 18.0. The van der Waals surface area contributed by atoms with Crippen molar-refractivity contribution in [2.75, 3.05) is 11.4 Å². The first-order valence-corrected chi connectivity index (χ1v) is 11.0. The number of hydrogen-bond donors (Lipinski definition) is 1. The second-order valence-electron chi connectivity index (χ2n) is 8.62. The number of nitrogens with zero attached hydrogens (tertiary/aromatic N) is 3. The van der Waals surface area contributed by atoms with Crippen molar-refractivity contribution in [1.29, 1.82) is 0 Å². The molecule has 170 valence electrons. The molecule has 0 unspecified atom stereocenters. The first-order chi connectivity index (χ1) is 15.8. The van der Waals surface area contributed by atoms with E-state index in [9.17, 15) is 18.0 Å². The molecule has 2 aliphatic rings. The van der Waals surface area contributed by atoms with Crippen LogP contribution in [0.1, 0.15) is 48.4 Å². The highest BCUT2D eigenvalue weighted by atomic mass is 19.4. The summed E-state index contributed by atoms with van der Waals surface area (Å²) in [6, 6.07) is 13.6. The number of fused-ring (bicyclic) bond motifs is 5. The fraction of sp³-hybridized carbons (Fsp3) is 0.320. The molecule has 0 aliphatic carbocycles. The van der Waals surface area contributed by atoms with Gasteiger partial charge in [0.1, 0.15) is 0 Å². The number of nitrogens with one attached hydrogen (secondary N) is 1. The maximum absolute atomic E-state index is 12.8. The maximum atomic E-state index is 12.8. The van der Waals surface area contributed by atoms with Crippen molar-refractivity contribution < 1.29 is 18.0 Å². The quantitative estimate of drug-likeness (QED) is 0.595. The summed E-state index contributed by atoms with van der Waals surface area (Å²) in [7, 11) is 0. The Kier molecular flexibility index (Phi) is 5.31. The van der Waals surface area contributed by atoms with Gasteiger partial charge in [-0.1, -0.05) is 37.3 Å². The number of carbonyl (C=O) groups excluding carboxylic acids is 1. The van der Waals surface area contributed by atoms with Crippen LogP contribution in [-0.2, 0) is 4.79 Å². The smallest absolute Gasteiger partial charge is 0.364 e. The van der Waals surface area contributed by atoms with Crippen LogP contribution in [0.4, 0.5) is 18.9 Å². The third kappa shape index (κ3) is 3.94. The molecule has 2 aliphatic heterocycles. The third-order valence-corrected chi connectivity index (χ3v) is 6.68. The average molecular weight is 452 g/mol. The standard InChI is InChI=1S/C25H23F3N4O/c1-15-18-4-2-3-5-19(18)23-13-17(31-24(33)25(26,27)28)8-11-32(23)22-7-6-16(12-20(15)22)21-14-29-9-10-30-21/h2-7,9-10,12,14-15,17,23H,8,11,13H2,1H3,(H,31,33)/t15-,17-,23-/m1/s1. The van der Waals surface area contributed by atoms with Crippen molar-refractivity contribution >= 4 is 11.6 Å². The molecule has 5 rings (SSSR count). The Labute approximate surface area is 189 Å². The van der Waals surface area contributed by atoms with Crippen molar-refractivity contribution in [3.05, 3.63) is 77.7 Å². The summed E-state index contributed by atoms with van der Waals surface area (Å²) in [5.74, 6) is -1.79. The maximum Gasteiger partial charge on any atom is 0.471 e. The van der Waals surface area contributed by atoms with Crippen molar-refractivity contribution in [3.8, 4) is 11.3 Å². The molecule has 1 amide bonds. The van der Waals surface area contributed by atoms with Gasteiger partial charge in [-0.25, -0.2) is 0 Å². The number of halogens is 3. The van der Waals surface area contributed by atoms with E-state index < -0.39 is 18.1 Å². The molecule has 0 bridgehead atoms. The molecular weight excluding hydrogens is 429 g/mol. The van der Waals surface area contributed by atoms with Gasteiger partial charge in [0.05, 0.1) is 17.9 Å². The number of alkyl halides is 3. The lowest BCUT2D eigenvalue weighted by Crippen LogP contribution is -2.49. The minimum absolute atomic E-state index is 0.0848. The minimum Gasteiger partial charge on any atom is -0.364 e. The van der Waals surface area contributed by atoms with Crippen molar-refractivity contribution in [2.24, 2.45) is 0 Å². The predicted octanol–water partition coefficient (Wildman–Crippen LogP) is 5.00. The number of amides is 1. The molecule has 3 atom stereocenters. The first kappa shape index (κ1) is 21.4. The lowest BCUT2D eigenvalue weighted by Gasteiger charge is -2.41. The number of rotatable bonds is 2. The van der Waals surface area contributed by atoms with E-state index in [4.69, 9.17) is 0 Å². The SMILES string of the molecule is C[C@@H]1c2ccccc2[C@H]2C[C@H](NC(=O)C(F)(F)F)CCN2c2ccc(-c3cnccn3)cc21. The number of benzene rings is 2. The van der Waals surface area contributed by atoms with Gasteiger partial charge in [0.2, 0.25) is 0 Å². The van der Waals surface area contributed by atoms with Gasteiger partial charge in [-0.15, -0.1) is 0 Å². The largest absolute Gasteiger partial charge is 0.471 e. The molecule has 33 heavy (non-hydrogen) atoms. The first-order valence-electron chi connectivity index (χ1n) is 11.0.